The van der Waals surface area contributed by atoms with Gasteiger partial charge >= 0.3 is 0 Å². The summed E-state index contributed by atoms with van der Waals surface area (Å²) >= 11 is 0. The molecule has 2 aromatic carbocycles. The molecule has 2 aliphatic carbocycles. The van der Waals surface area contributed by atoms with Crippen LogP contribution in [0.5, 0.6) is 0 Å². The maximum absolute atomic E-state index is 13.0. The highest BCUT2D eigenvalue weighted by atomic mass is 16.2. The van der Waals surface area contributed by atoms with Gasteiger partial charge in [0.1, 0.15) is 0 Å². The fourth-order valence-corrected chi connectivity index (χ4v) is 4.26. The molecule has 0 spiro atoms. The standard InChI is InChI=1S/C23H24N2O2/c1-14-3-9-18(10-4-14)24-22(26)20-16-7-8-17(13-16)21(20)23(27)25-19-11-5-15(2)6-12-19/h3-12,16-17,20-21H,13H2,1-2H3,(H,24,26)(H,25,27)/t16-,17+,20-,21-/m1/s1. The van der Waals surface area contributed by atoms with Crippen LogP contribution in [0.15, 0.2) is 60.7 Å². The number of benzene rings is 2. The first kappa shape index (κ1) is 17.5. The predicted molar refractivity (Wildman–Crippen MR) is 107 cm³/mol. The zero-order valence-electron chi connectivity index (χ0n) is 15.6. The Morgan fingerprint density at radius 3 is 1.44 bits per heavy atom. The molecule has 2 bridgehead atoms. The summed E-state index contributed by atoms with van der Waals surface area (Å²) in [5, 5.41) is 6.00. The number of carbonyl (C=O) groups excluding carboxylic acids is 2. The van der Waals surface area contributed by atoms with Crippen molar-refractivity contribution in [2.24, 2.45) is 23.7 Å². The van der Waals surface area contributed by atoms with E-state index in [9.17, 15) is 9.59 Å². The zero-order chi connectivity index (χ0) is 19.0. The summed E-state index contributed by atoms with van der Waals surface area (Å²) in [5.41, 5.74) is 3.84. The molecule has 4 heteroatoms. The van der Waals surface area contributed by atoms with E-state index >= 15 is 0 Å². The SMILES string of the molecule is Cc1ccc(NC(=O)[C@H]2[C@H](C(=O)Nc3ccc(C)cc3)[C@H]3C=C[C@@H]2C3)cc1. The third-order valence-electron chi connectivity index (χ3n) is 5.70. The number of rotatable bonds is 4. The van der Waals surface area contributed by atoms with Gasteiger partial charge in [-0.2, -0.15) is 0 Å². The van der Waals surface area contributed by atoms with Crippen LogP contribution in [0.3, 0.4) is 0 Å². The highest BCUT2D eigenvalue weighted by Gasteiger charge is 2.51. The lowest BCUT2D eigenvalue weighted by Crippen LogP contribution is -2.39. The third-order valence-corrected chi connectivity index (χ3v) is 5.70. The Bertz CT molecular complexity index is 810. The smallest absolute Gasteiger partial charge is 0.228 e. The van der Waals surface area contributed by atoms with Gasteiger partial charge in [0.2, 0.25) is 11.8 Å². The van der Waals surface area contributed by atoms with E-state index in [1.54, 1.807) is 0 Å². The maximum atomic E-state index is 13.0. The lowest BCUT2D eigenvalue weighted by atomic mass is 9.81. The van der Waals surface area contributed by atoms with E-state index in [-0.39, 0.29) is 35.5 Å². The van der Waals surface area contributed by atoms with Crippen LogP contribution < -0.4 is 10.6 Å². The number of nitrogens with one attached hydrogen (secondary N) is 2. The van der Waals surface area contributed by atoms with Crippen molar-refractivity contribution < 1.29 is 9.59 Å². The van der Waals surface area contributed by atoms with Gasteiger partial charge in [0.25, 0.3) is 0 Å². The molecule has 138 valence electrons. The van der Waals surface area contributed by atoms with E-state index in [0.29, 0.717) is 0 Å². The van der Waals surface area contributed by atoms with Gasteiger partial charge in [0.05, 0.1) is 11.8 Å². The Kier molecular flexibility index (Phi) is 4.56. The van der Waals surface area contributed by atoms with Crippen LogP contribution in [0.25, 0.3) is 0 Å². The van der Waals surface area contributed by atoms with Crippen molar-refractivity contribution in [2.45, 2.75) is 20.3 Å². The number of hydrogen-bond acceptors (Lipinski definition) is 2. The van der Waals surface area contributed by atoms with Crippen LogP contribution >= 0.6 is 0 Å². The van der Waals surface area contributed by atoms with Gasteiger partial charge in [0.15, 0.2) is 0 Å². The van der Waals surface area contributed by atoms with Crippen LogP contribution in [0.4, 0.5) is 11.4 Å². The molecule has 4 rings (SSSR count). The van der Waals surface area contributed by atoms with Crippen molar-refractivity contribution in [3.8, 4) is 0 Å². The predicted octanol–water partition coefficient (Wildman–Crippen LogP) is 4.32. The van der Waals surface area contributed by atoms with Gasteiger partial charge in [-0.05, 0) is 56.4 Å². The zero-order valence-corrected chi connectivity index (χ0v) is 15.6. The minimum absolute atomic E-state index is 0.0697. The lowest BCUT2D eigenvalue weighted by molar-refractivity contribution is -0.129. The number of amides is 2. The van der Waals surface area contributed by atoms with Crippen LogP contribution in [-0.2, 0) is 9.59 Å². The number of hydrogen-bond donors (Lipinski definition) is 2. The molecule has 0 unspecified atom stereocenters. The summed E-state index contributed by atoms with van der Waals surface area (Å²) < 4.78 is 0. The molecule has 1 saturated carbocycles. The fraction of sp³-hybridized carbons (Fsp3) is 0.304. The first-order valence-corrected chi connectivity index (χ1v) is 9.44. The summed E-state index contributed by atoms with van der Waals surface area (Å²) in [7, 11) is 0. The average Bonchev–Trinajstić information content (AvgIpc) is 3.27. The molecular weight excluding hydrogens is 336 g/mol. The van der Waals surface area contributed by atoms with Crippen LogP contribution in [0.2, 0.25) is 0 Å². The molecule has 0 aliphatic heterocycles. The Balaban J connectivity index is 1.51. The first-order chi connectivity index (χ1) is 13.0. The van der Waals surface area contributed by atoms with E-state index in [2.05, 4.69) is 22.8 Å². The number of anilines is 2. The fourth-order valence-electron chi connectivity index (χ4n) is 4.26. The van der Waals surface area contributed by atoms with Crippen molar-refractivity contribution in [1.82, 2.24) is 0 Å². The van der Waals surface area contributed by atoms with Gasteiger partial charge in [-0.1, -0.05) is 47.5 Å². The van der Waals surface area contributed by atoms with Crippen LogP contribution in [0, 0.1) is 37.5 Å². The number of allylic oxidation sites excluding steroid dienone is 2. The Morgan fingerprint density at radius 1 is 0.704 bits per heavy atom. The van der Waals surface area contributed by atoms with Crippen molar-refractivity contribution in [3.63, 3.8) is 0 Å². The van der Waals surface area contributed by atoms with Gasteiger partial charge in [-0.15, -0.1) is 0 Å². The second kappa shape index (κ2) is 7.03. The van der Waals surface area contributed by atoms with E-state index in [4.69, 9.17) is 0 Å². The molecule has 2 amide bonds. The molecule has 2 N–H and O–H groups in total. The molecule has 0 saturated heterocycles. The van der Waals surface area contributed by atoms with Gasteiger partial charge in [-0.3, -0.25) is 9.59 Å². The molecule has 1 fully saturated rings. The molecule has 2 aromatic rings. The Morgan fingerprint density at radius 2 is 1.07 bits per heavy atom. The minimum Gasteiger partial charge on any atom is -0.326 e. The Hall–Kier alpha value is -2.88. The highest BCUT2D eigenvalue weighted by Crippen LogP contribution is 2.48. The van der Waals surface area contributed by atoms with Gasteiger partial charge in [-0.25, -0.2) is 0 Å². The summed E-state index contributed by atoms with van der Waals surface area (Å²) in [6.07, 6.45) is 5.07. The van der Waals surface area contributed by atoms with Crippen LogP contribution in [-0.4, -0.2) is 11.8 Å². The minimum atomic E-state index is -0.327. The van der Waals surface area contributed by atoms with Crippen molar-refractivity contribution in [1.29, 1.82) is 0 Å². The average molecular weight is 360 g/mol. The first-order valence-electron chi connectivity index (χ1n) is 9.44. The normalized spacial score (nSPS) is 25.4. The number of fused-ring (bicyclic) bond motifs is 2. The van der Waals surface area contributed by atoms with Gasteiger partial charge < -0.3 is 10.6 Å². The monoisotopic (exact) mass is 360 g/mol. The summed E-state index contributed by atoms with van der Waals surface area (Å²) in [6, 6.07) is 15.5. The molecule has 4 nitrogen and oxygen atoms in total. The van der Waals surface area contributed by atoms with E-state index in [1.165, 1.54) is 0 Å². The van der Waals surface area contributed by atoms with E-state index < -0.39 is 0 Å². The highest BCUT2D eigenvalue weighted by molar-refractivity contribution is 6.01. The third kappa shape index (κ3) is 3.52. The second-order valence-electron chi connectivity index (χ2n) is 7.71. The van der Waals surface area contributed by atoms with Crippen LogP contribution in [0.1, 0.15) is 17.5 Å². The molecular formula is C23H24N2O2. The van der Waals surface area contributed by atoms with Gasteiger partial charge in [0, 0.05) is 11.4 Å². The molecule has 2 aliphatic rings. The summed E-state index contributed by atoms with van der Waals surface area (Å²) in [5.74, 6) is -0.526. The summed E-state index contributed by atoms with van der Waals surface area (Å²) in [4.78, 5) is 26.0. The number of carbonyl (C=O) groups is 2. The van der Waals surface area contributed by atoms with Crippen molar-refractivity contribution >= 4 is 23.2 Å². The number of aryl methyl sites for hydroxylation is 2. The largest absolute Gasteiger partial charge is 0.326 e. The molecule has 0 aromatic heterocycles. The lowest BCUT2D eigenvalue weighted by Gasteiger charge is -2.26. The molecule has 27 heavy (non-hydrogen) atoms. The summed E-state index contributed by atoms with van der Waals surface area (Å²) in [6.45, 7) is 4.02. The maximum Gasteiger partial charge on any atom is 0.228 e. The Labute approximate surface area is 159 Å². The van der Waals surface area contributed by atoms with E-state index in [0.717, 1.165) is 28.9 Å². The molecule has 4 atom stereocenters. The quantitative estimate of drug-likeness (QED) is 0.798. The molecule has 0 radical (unpaired) electrons. The molecule has 0 heterocycles. The van der Waals surface area contributed by atoms with E-state index in [1.807, 2.05) is 62.4 Å². The topological polar surface area (TPSA) is 58.2 Å². The van der Waals surface area contributed by atoms with Crippen molar-refractivity contribution in [2.75, 3.05) is 10.6 Å². The second-order valence-corrected chi connectivity index (χ2v) is 7.71. The van der Waals surface area contributed by atoms with Crippen molar-refractivity contribution in [3.05, 3.63) is 71.8 Å².